The standard InChI is InChI=1S/C5H8BrO/c6-5(7)3-1-2-4-5/h1-4H2. The van der Waals surface area contributed by atoms with Crippen LogP contribution in [-0.4, -0.2) is 4.51 Å². The molecule has 0 amide bonds. The van der Waals surface area contributed by atoms with E-state index in [2.05, 4.69) is 15.9 Å². The molecule has 0 bridgehead atoms. The van der Waals surface area contributed by atoms with Crippen molar-refractivity contribution in [2.75, 3.05) is 0 Å². The normalized spacial score (nSPS) is 28.3. The van der Waals surface area contributed by atoms with Gasteiger partial charge in [-0.05, 0) is 25.7 Å². The van der Waals surface area contributed by atoms with Gasteiger partial charge in [0, 0.05) is 0 Å². The Kier molecular flexibility index (Phi) is 1.39. The Morgan fingerprint density at radius 2 is 1.71 bits per heavy atom. The molecule has 0 unspecified atom stereocenters. The summed E-state index contributed by atoms with van der Waals surface area (Å²) >= 11 is 3.09. The molecule has 0 spiro atoms. The van der Waals surface area contributed by atoms with E-state index in [1.165, 1.54) is 0 Å². The Bertz CT molecular complexity index is 62.5. The smallest absolute Gasteiger partial charge is 0.158 e. The third-order valence-electron chi connectivity index (χ3n) is 1.35. The van der Waals surface area contributed by atoms with E-state index >= 15 is 0 Å². The van der Waals surface area contributed by atoms with E-state index in [4.69, 9.17) is 0 Å². The topological polar surface area (TPSA) is 19.9 Å². The predicted molar refractivity (Wildman–Crippen MR) is 30.8 cm³/mol. The molecule has 1 radical (unpaired) electrons. The fourth-order valence-corrected chi connectivity index (χ4v) is 1.46. The first-order valence-electron chi connectivity index (χ1n) is 2.60. The van der Waals surface area contributed by atoms with Crippen LogP contribution in [0, 0.1) is 0 Å². The van der Waals surface area contributed by atoms with E-state index in [1.807, 2.05) is 0 Å². The van der Waals surface area contributed by atoms with Gasteiger partial charge in [0.2, 0.25) is 0 Å². The summed E-state index contributed by atoms with van der Waals surface area (Å²) in [5.74, 6) is 0. The minimum Gasteiger partial charge on any atom is -0.217 e. The molecule has 0 aromatic heterocycles. The minimum absolute atomic E-state index is 0.743. The van der Waals surface area contributed by atoms with Crippen LogP contribution in [0.25, 0.3) is 0 Å². The fourth-order valence-electron chi connectivity index (χ4n) is 0.903. The summed E-state index contributed by atoms with van der Waals surface area (Å²) in [7, 11) is 0. The third kappa shape index (κ3) is 1.42. The number of rotatable bonds is 0. The van der Waals surface area contributed by atoms with Crippen LogP contribution in [0.1, 0.15) is 25.7 Å². The maximum Gasteiger partial charge on any atom is 0.158 e. The van der Waals surface area contributed by atoms with E-state index in [0.29, 0.717) is 0 Å². The van der Waals surface area contributed by atoms with Crippen LogP contribution in [0.3, 0.4) is 0 Å². The number of alkyl halides is 1. The van der Waals surface area contributed by atoms with Gasteiger partial charge >= 0.3 is 0 Å². The van der Waals surface area contributed by atoms with Crippen molar-refractivity contribution < 1.29 is 5.11 Å². The van der Waals surface area contributed by atoms with Gasteiger partial charge in [-0.3, -0.25) is 0 Å². The molecule has 0 aliphatic heterocycles. The van der Waals surface area contributed by atoms with Gasteiger partial charge in [0.05, 0.1) is 0 Å². The van der Waals surface area contributed by atoms with Crippen molar-refractivity contribution >= 4 is 15.9 Å². The third-order valence-corrected chi connectivity index (χ3v) is 2.14. The molecule has 1 fully saturated rings. The molecular formula is C5H8BrO. The summed E-state index contributed by atoms with van der Waals surface area (Å²) in [6.45, 7) is 0. The van der Waals surface area contributed by atoms with E-state index < -0.39 is 4.51 Å². The average Bonchev–Trinajstić information content (AvgIpc) is 1.84. The Hall–Kier alpha value is 0.440. The Morgan fingerprint density at radius 3 is 1.86 bits per heavy atom. The monoisotopic (exact) mass is 163 g/mol. The van der Waals surface area contributed by atoms with Crippen molar-refractivity contribution in [1.29, 1.82) is 0 Å². The fraction of sp³-hybridized carbons (Fsp3) is 1.00. The Balaban J connectivity index is 2.40. The molecule has 1 rings (SSSR count). The van der Waals surface area contributed by atoms with Crippen molar-refractivity contribution in [3.63, 3.8) is 0 Å². The van der Waals surface area contributed by atoms with Crippen molar-refractivity contribution in [3.05, 3.63) is 0 Å². The molecular weight excluding hydrogens is 156 g/mol. The SMILES string of the molecule is [O]C1(Br)CCCC1. The summed E-state index contributed by atoms with van der Waals surface area (Å²) in [6, 6.07) is 0. The maximum absolute atomic E-state index is 10.8. The largest absolute Gasteiger partial charge is 0.217 e. The molecule has 1 aliphatic rings. The molecule has 0 heterocycles. The summed E-state index contributed by atoms with van der Waals surface area (Å²) in [6.07, 6.45) is 3.84. The van der Waals surface area contributed by atoms with Gasteiger partial charge in [-0.15, -0.1) is 0 Å². The highest BCUT2D eigenvalue weighted by molar-refractivity contribution is 9.10. The first-order valence-corrected chi connectivity index (χ1v) is 3.39. The first kappa shape index (κ1) is 5.57. The quantitative estimate of drug-likeness (QED) is 0.488. The number of hydrogen-bond donors (Lipinski definition) is 0. The summed E-state index contributed by atoms with van der Waals surface area (Å²) < 4.78 is -0.743. The van der Waals surface area contributed by atoms with Gasteiger partial charge in [-0.1, -0.05) is 15.9 Å². The van der Waals surface area contributed by atoms with Gasteiger partial charge in [-0.25, -0.2) is 5.11 Å². The summed E-state index contributed by atoms with van der Waals surface area (Å²) in [5, 5.41) is 10.8. The number of hydrogen-bond acceptors (Lipinski definition) is 0. The Labute approximate surface area is 51.9 Å². The van der Waals surface area contributed by atoms with Crippen LogP contribution in [0.5, 0.6) is 0 Å². The molecule has 0 saturated heterocycles. The van der Waals surface area contributed by atoms with Crippen molar-refractivity contribution in [3.8, 4) is 0 Å². The van der Waals surface area contributed by atoms with Gasteiger partial charge in [0.1, 0.15) is 0 Å². The zero-order valence-electron chi connectivity index (χ0n) is 4.11. The molecule has 1 saturated carbocycles. The summed E-state index contributed by atoms with van der Waals surface area (Å²) in [4.78, 5) is 0. The molecule has 7 heavy (non-hydrogen) atoms. The molecule has 0 aromatic rings. The lowest BCUT2D eigenvalue weighted by atomic mass is 10.3. The lowest BCUT2D eigenvalue weighted by Gasteiger charge is -2.05. The first-order chi connectivity index (χ1) is 3.21. The molecule has 0 atom stereocenters. The second-order valence-electron chi connectivity index (χ2n) is 2.09. The van der Waals surface area contributed by atoms with Crippen molar-refractivity contribution in [2.45, 2.75) is 30.2 Å². The highest BCUT2D eigenvalue weighted by Crippen LogP contribution is 2.34. The van der Waals surface area contributed by atoms with Crippen LogP contribution in [0.15, 0.2) is 0 Å². The number of halogens is 1. The maximum atomic E-state index is 10.8. The van der Waals surface area contributed by atoms with Gasteiger partial charge < -0.3 is 0 Å². The van der Waals surface area contributed by atoms with Gasteiger partial charge in [-0.2, -0.15) is 0 Å². The Morgan fingerprint density at radius 1 is 1.29 bits per heavy atom. The second-order valence-corrected chi connectivity index (χ2v) is 3.54. The van der Waals surface area contributed by atoms with E-state index in [0.717, 1.165) is 25.7 Å². The highest BCUT2D eigenvalue weighted by atomic mass is 79.9. The second kappa shape index (κ2) is 1.75. The molecule has 41 valence electrons. The highest BCUT2D eigenvalue weighted by Gasteiger charge is 2.29. The van der Waals surface area contributed by atoms with Crippen LogP contribution in [0.2, 0.25) is 0 Å². The lowest BCUT2D eigenvalue weighted by Crippen LogP contribution is -2.09. The lowest BCUT2D eigenvalue weighted by molar-refractivity contribution is 0.0689. The van der Waals surface area contributed by atoms with E-state index in [-0.39, 0.29) is 0 Å². The summed E-state index contributed by atoms with van der Waals surface area (Å²) in [5.41, 5.74) is 0. The van der Waals surface area contributed by atoms with E-state index in [9.17, 15) is 5.11 Å². The van der Waals surface area contributed by atoms with Crippen LogP contribution in [-0.2, 0) is 5.11 Å². The van der Waals surface area contributed by atoms with Crippen molar-refractivity contribution in [2.24, 2.45) is 0 Å². The minimum atomic E-state index is -0.743. The zero-order chi connectivity index (χ0) is 5.33. The molecule has 2 heteroatoms. The average molecular weight is 164 g/mol. The molecule has 0 N–H and O–H groups in total. The predicted octanol–water partition coefficient (Wildman–Crippen LogP) is 2.08. The van der Waals surface area contributed by atoms with Crippen LogP contribution < -0.4 is 0 Å². The van der Waals surface area contributed by atoms with Crippen LogP contribution in [0.4, 0.5) is 0 Å². The molecule has 1 nitrogen and oxygen atoms in total. The van der Waals surface area contributed by atoms with Crippen molar-refractivity contribution in [1.82, 2.24) is 0 Å². The van der Waals surface area contributed by atoms with Gasteiger partial charge in [0.25, 0.3) is 0 Å². The molecule has 1 aliphatic carbocycles. The zero-order valence-corrected chi connectivity index (χ0v) is 5.70. The van der Waals surface area contributed by atoms with E-state index in [1.54, 1.807) is 0 Å². The van der Waals surface area contributed by atoms with Crippen LogP contribution >= 0.6 is 15.9 Å². The van der Waals surface area contributed by atoms with Gasteiger partial charge in [0.15, 0.2) is 4.51 Å². The molecule has 0 aromatic carbocycles.